The molecule has 0 unspecified atom stereocenters. The summed E-state index contributed by atoms with van der Waals surface area (Å²) < 4.78 is 0. The van der Waals surface area contributed by atoms with Crippen LogP contribution in [0.15, 0.2) is 24.3 Å². The van der Waals surface area contributed by atoms with Crippen molar-refractivity contribution in [1.29, 1.82) is 0 Å². The quantitative estimate of drug-likeness (QED) is 0.195. The van der Waals surface area contributed by atoms with Crippen molar-refractivity contribution in [3.8, 4) is 5.75 Å². The normalized spacial score (nSPS) is 12.2. The molecule has 8 nitrogen and oxygen atoms in total. The maximum absolute atomic E-state index is 12.7. The molecule has 0 aliphatic heterocycles. The summed E-state index contributed by atoms with van der Waals surface area (Å²) in [5, 5.41) is 18.7. The Morgan fingerprint density at radius 1 is 1.03 bits per heavy atom. The zero-order valence-electron chi connectivity index (χ0n) is 21.4. The Kier molecular flexibility index (Phi) is 16.0. The standard InChI is InChI=1S/C26H47N5O3/c1-4-8-25(33)30-24(19-22-9-11-23(32)12-10-22)26(34)29-15-7-14-28-16-18-31(20-21(2)3)17-6-5-13-27/h9-12,21,24,28,32H,4-8,13-20,27H2,1-3H3,(H,29,34)(H,30,33)/t24-/m0/s1. The predicted molar refractivity (Wildman–Crippen MR) is 139 cm³/mol. The molecule has 0 saturated heterocycles. The fraction of sp³-hybridized carbons (Fsp3) is 0.692. The van der Waals surface area contributed by atoms with E-state index in [0.717, 1.165) is 70.5 Å². The van der Waals surface area contributed by atoms with Crippen LogP contribution in [0.4, 0.5) is 0 Å². The molecular formula is C26H47N5O3. The highest BCUT2D eigenvalue weighted by atomic mass is 16.3. The van der Waals surface area contributed by atoms with Gasteiger partial charge < -0.3 is 31.7 Å². The molecule has 0 aromatic heterocycles. The Morgan fingerprint density at radius 3 is 2.41 bits per heavy atom. The average Bonchev–Trinajstić information content (AvgIpc) is 2.79. The van der Waals surface area contributed by atoms with Gasteiger partial charge in [-0.2, -0.15) is 0 Å². The minimum absolute atomic E-state index is 0.125. The van der Waals surface area contributed by atoms with Crippen LogP contribution in [0.5, 0.6) is 5.75 Å². The molecule has 0 radical (unpaired) electrons. The predicted octanol–water partition coefficient (Wildman–Crippen LogP) is 2.01. The molecule has 0 saturated carbocycles. The molecule has 1 aromatic rings. The minimum atomic E-state index is -0.630. The third kappa shape index (κ3) is 14.2. The van der Waals surface area contributed by atoms with Crippen molar-refractivity contribution in [2.75, 3.05) is 45.8 Å². The Hall–Kier alpha value is -2.16. The molecule has 0 aliphatic rings. The smallest absolute Gasteiger partial charge is 0.242 e. The van der Waals surface area contributed by atoms with E-state index in [1.165, 1.54) is 0 Å². The number of phenolic OH excluding ortho intramolecular Hbond substituents is 1. The van der Waals surface area contributed by atoms with Crippen LogP contribution < -0.4 is 21.7 Å². The van der Waals surface area contributed by atoms with Crippen molar-refractivity contribution in [3.05, 3.63) is 29.8 Å². The van der Waals surface area contributed by atoms with E-state index in [1.807, 2.05) is 6.92 Å². The highest BCUT2D eigenvalue weighted by molar-refractivity contribution is 5.87. The lowest BCUT2D eigenvalue weighted by Crippen LogP contribution is -2.48. The third-order valence-electron chi connectivity index (χ3n) is 5.49. The monoisotopic (exact) mass is 477 g/mol. The van der Waals surface area contributed by atoms with E-state index in [2.05, 4.69) is 34.7 Å². The first-order valence-electron chi connectivity index (χ1n) is 12.8. The van der Waals surface area contributed by atoms with Crippen molar-refractivity contribution >= 4 is 11.8 Å². The lowest BCUT2D eigenvalue weighted by Gasteiger charge is -2.24. The number of phenols is 1. The summed E-state index contributed by atoms with van der Waals surface area (Å²) in [7, 11) is 0. The second kappa shape index (κ2) is 18.2. The van der Waals surface area contributed by atoms with Gasteiger partial charge in [-0.3, -0.25) is 9.59 Å². The number of hydrogen-bond donors (Lipinski definition) is 5. The molecule has 1 atom stereocenters. The molecule has 2 amide bonds. The molecular weight excluding hydrogens is 430 g/mol. The molecule has 0 aliphatic carbocycles. The fourth-order valence-electron chi connectivity index (χ4n) is 3.77. The number of carbonyl (C=O) groups is 2. The van der Waals surface area contributed by atoms with E-state index in [4.69, 9.17) is 5.73 Å². The van der Waals surface area contributed by atoms with Gasteiger partial charge in [-0.05, 0) is 68.9 Å². The number of nitrogens with zero attached hydrogens (tertiary/aromatic N) is 1. The van der Waals surface area contributed by atoms with Crippen molar-refractivity contribution in [1.82, 2.24) is 20.9 Å². The zero-order valence-corrected chi connectivity index (χ0v) is 21.4. The lowest BCUT2D eigenvalue weighted by atomic mass is 10.0. The van der Waals surface area contributed by atoms with Crippen LogP contribution in [-0.2, 0) is 16.0 Å². The lowest BCUT2D eigenvalue weighted by molar-refractivity contribution is -0.129. The minimum Gasteiger partial charge on any atom is -0.508 e. The maximum atomic E-state index is 12.7. The molecule has 1 rings (SSSR count). The van der Waals surface area contributed by atoms with Crippen LogP contribution in [0.1, 0.15) is 58.4 Å². The summed E-state index contributed by atoms with van der Waals surface area (Å²) in [6, 6.07) is 6.08. The van der Waals surface area contributed by atoms with Crippen LogP contribution in [0.2, 0.25) is 0 Å². The summed E-state index contributed by atoms with van der Waals surface area (Å²) in [6.45, 7) is 12.6. The number of amides is 2. The number of unbranched alkanes of at least 4 members (excludes halogenated alkanes) is 1. The maximum Gasteiger partial charge on any atom is 0.242 e. The molecule has 194 valence electrons. The second-order valence-corrected chi connectivity index (χ2v) is 9.33. The number of benzene rings is 1. The van der Waals surface area contributed by atoms with Gasteiger partial charge in [0.15, 0.2) is 0 Å². The third-order valence-corrected chi connectivity index (χ3v) is 5.49. The largest absolute Gasteiger partial charge is 0.508 e. The van der Waals surface area contributed by atoms with E-state index < -0.39 is 6.04 Å². The van der Waals surface area contributed by atoms with Crippen LogP contribution in [0.3, 0.4) is 0 Å². The number of nitrogens with two attached hydrogens (primary N) is 1. The Balaban J connectivity index is 2.38. The molecule has 0 fully saturated rings. The Labute approximate surface area is 206 Å². The molecule has 0 heterocycles. The number of hydrogen-bond acceptors (Lipinski definition) is 6. The molecule has 0 spiro atoms. The zero-order chi connectivity index (χ0) is 25.2. The first-order chi connectivity index (χ1) is 16.3. The van der Waals surface area contributed by atoms with Crippen LogP contribution in [0, 0.1) is 5.92 Å². The summed E-state index contributed by atoms with van der Waals surface area (Å²) >= 11 is 0. The van der Waals surface area contributed by atoms with Gasteiger partial charge in [0.2, 0.25) is 11.8 Å². The van der Waals surface area contributed by atoms with Crippen LogP contribution in [0.25, 0.3) is 0 Å². The van der Waals surface area contributed by atoms with Crippen molar-refractivity contribution < 1.29 is 14.7 Å². The highest BCUT2D eigenvalue weighted by Gasteiger charge is 2.20. The summed E-state index contributed by atoms with van der Waals surface area (Å²) in [5.41, 5.74) is 6.50. The fourth-order valence-corrected chi connectivity index (χ4v) is 3.77. The first-order valence-corrected chi connectivity index (χ1v) is 12.8. The molecule has 34 heavy (non-hydrogen) atoms. The van der Waals surface area contributed by atoms with Crippen LogP contribution in [-0.4, -0.2) is 73.7 Å². The molecule has 1 aromatic carbocycles. The van der Waals surface area contributed by atoms with Crippen molar-refractivity contribution in [2.45, 2.75) is 65.3 Å². The second-order valence-electron chi connectivity index (χ2n) is 9.33. The van der Waals surface area contributed by atoms with Gasteiger partial charge >= 0.3 is 0 Å². The van der Waals surface area contributed by atoms with E-state index in [1.54, 1.807) is 24.3 Å². The SMILES string of the molecule is CCCC(=O)N[C@@H](Cc1ccc(O)cc1)C(=O)NCCCNCCN(CCCCN)CC(C)C. The van der Waals surface area contributed by atoms with Gasteiger partial charge in [-0.25, -0.2) is 0 Å². The molecule has 8 heteroatoms. The summed E-state index contributed by atoms with van der Waals surface area (Å²) in [5.74, 6) is 0.511. The van der Waals surface area contributed by atoms with Gasteiger partial charge in [-0.15, -0.1) is 0 Å². The van der Waals surface area contributed by atoms with E-state index >= 15 is 0 Å². The van der Waals surface area contributed by atoms with Gasteiger partial charge in [0.1, 0.15) is 11.8 Å². The van der Waals surface area contributed by atoms with E-state index in [0.29, 0.717) is 25.3 Å². The van der Waals surface area contributed by atoms with Crippen LogP contribution >= 0.6 is 0 Å². The number of rotatable bonds is 19. The van der Waals surface area contributed by atoms with Gasteiger partial charge in [0, 0.05) is 39.0 Å². The first kappa shape index (κ1) is 29.9. The highest BCUT2D eigenvalue weighted by Crippen LogP contribution is 2.11. The molecule has 6 N–H and O–H groups in total. The summed E-state index contributed by atoms with van der Waals surface area (Å²) in [4.78, 5) is 27.3. The summed E-state index contributed by atoms with van der Waals surface area (Å²) in [6.07, 6.45) is 4.52. The Bertz CT molecular complexity index is 682. The van der Waals surface area contributed by atoms with Gasteiger partial charge in [0.25, 0.3) is 0 Å². The number of aromatic hydroxyl groups is 1. The Morgan fingerprint density at radius 2 is 1.76 bits per heavy atom. The van der Waals surface area contributed by atoms with E-state index in [9.17, 15) is 14.7 Å². The number of nitrogens with one attached hydrogen (secondary N) is 3. The van der Waals surface area contributed by atoms with Crippen molar-refractivity contribution in [2.24, 2.45) is 11.7 Å². The van der Waals surface area contributed by atoms with Gasteiger partial charge in [-0.1, -0.05) is 32.9 Å². The average molecular weight is 478 g/mol. The topological polar surface area (TPSA) is 120 Å². The molecule has 0 bridgehead atoms. The van der Waals surface area contributed by atoms with E-state index in [-0.39, 0.29) is 17.6 Å². The van der Waals surface area contributed by atoms with Gasteiger partial charge in [0.05, 0.1) is 0 Å². The van der Waals surface area contributed by atoms with Crippen molar-refractivity contribution in [3.63, 3.8) is 0 Å². The number of carbonyl (C=O) groups excluding carboxylic acids is 2.